The fourth-order valence-corrected chi connectivity index (χ4v) is 1.62. The number of hydrogen-bond acceptors (Lipinski definition) is 2. The van der Waals surface area contributed by atoms with E-state index in [4.69, 9.17) is 0 Å². The van der Waals surface area contributed by atoms with Crippen LogP contribution in [-0.2, 0) is 4.79 Å². The lowest BCUT2D eigenvalue weighted by Crippen LogP contribution is -2.36. The number of hydrogen-bond donors (Lipinski definition) is 1. The Bertz CT molecular complexity index is 179. The number of carbonyl (C=O) groups excluding carboxylic acids is 1. The molecule has 0 aromatic rings. The van der Waals surface area contributed by atoms with Gasteiger partial charge in [0.25, 0.3) is 5.91 Å². The number of aliphatic hydroxyl groups excluding tert-OH is 1. The van der Waals surface area contributed by atoms with Gasteiger partial charge in [-0.15, -0.1) is 0 Å². The summed E-state index contributed by atoms with van der Waals surface area (Å²) in [4.78, 5) is 13.1. The Labute approximate surface area is 73.4 Å². The monoisotopic (exact) mass is 171 g/mol. The number of nitrogens with zero attached hydrogens (tertiary/aromatic N) is 1. The maximum Gasteiger partial charge on any atom is 0.251 e. The van der Waals surface area contributed by atoms with Gasteiger partial charge in [-0.1, -0.05) is 13.8 Å². The van der Waals surface area contributed by atoms with Gasteiger partial charge in [-0.25, -0.2) is 0 Å². The van der Waals surface area contributed by atoms with Crippen LogP contribution in [0.1, 0.15) is 27.2 Å². The summed E-state index contributed by atoms with van der Waals surface area (Å²) in [5.41, 5.74) is 0. The molecule has 1 aliphatic rings. The Morgan fingerprint density at radius 3 is 2.58 bits per heavy atom. The fourth-order valence-electron chi connectivity index (χ4n) is 1.62. The predicted octanol–water partition coefficient (Wildman–Crippen LogP) is 0.624. The summed E-state index contributed by atoms with van der Waals surface area (Å²) in [6.45, 7) is 6.89. The molecule has 2 atom stereocenters. The van der Waals surface area contributed by atoms with Crippen molar-refractivity contribution in [3.8, 4) is 0 Å². The van der Waals surface area contributed by atoms with Crippen LogP contribution in [0.4, 0.5) is 0 Å². The second kappa shape index (κ2) is 3.44. The normalized spacial score (nSPS) is 30.4. The molecule has 2 unspecified atom stereocenters. The molecule has 1 rings (SSSR count). The molecule has 3 heteroatoms. The Kier molecular flexibility index (Phi) is 2.73. The summed E-state index contributed by atoms with van der Waals surface area (Å²) < 4.78 is 0. The van der Waals surface area contributed by atoms with Gasteiger partial charge < -0.3 is 10.0 Å². The van der Waals surface area contributed by atoms with Crippen molar-refractivity contribution in [2.75, 3.05) is 6.54 Å². The second-order valence-corrected chi connectivity index (χ2v) is 3.98. The standard InChI is InChI=1S/C9H17NO2/c1-6(2)5-10-7(3)4-8(11)9(10)12/h6-8,11H,4-5H2,1-3H3. The number of rotatable bonds is 2. The Morgan fingerprint density at radius 1 is 1.67 bits per heavy atom. The highest BCUT2D eigenvalue weighted by Gasteiger charge is 2.35. The van der Waals surface area contributed by atoms with Crippen LogP contribution in [-0.4, -0.2) is 34.6 Å². The minimum atomic E-state index is -0.751. The molecule has 12 heavy (non-hydrogen) atoms. The first-order valence-electron chi connectivity index (χ1n) is 4.51. The van der Waals surface area contributed by atoms with Crippen LogP contribution < -0.4 is 0 Å². The third kappa shape index (κ3) is 1.78. The van der Waals surface area contributed by atoms with Crippen molar-refractivity contribution in [1.29, 1.82) is 0 Å². The molecule has 1 fully saturated rings. The minimum absolute atomic E-state index is 0.101. The van der Waals surface area contributed by atoms with Gasteiger partial charge in [0.1, 0.15) is 6.10 Å². The zero-order chi connectivity index (χ0) is 9.30. The van der Waals surface area contributed by atoms with Crippen molar-refractivity contribution < 1.29 is 9.90 Å². The van der Waals surface area contributed by atoms with E-state index in [1.54, 1.807) is 4.90 Å². The number of likely N-dealkylation sites (tertiary alicyclic amines) is 1. The van der Waals surface area contributed by atoms with Gasteiger partial charge in [-0.05, 0) is 12.8 Å². The first-order valence-corrected chi connectivity index (χ1v) is 4.51. The molecule has 0 aromatic heterocycles. The average Bonchev–Trinajstić information content (AvgIpc) is 2.16. The van der Waals surface area contributed by atoms with E-state index in [0.29, 0.717) is 12.3 Å². The lowest BCUT2D eigenvalue weighted by molar-refractivity contribution is -0.135. The molecule has 70 valence electrons. The molecule has 0 saturated carbocycles. The Balaban J connectivity index is 2.57. The molecule has 1 N–H and O–H groups in total. The van der Waals surface area contributed by atoms with Gasteiger partial charge in [0, 0.05) is 19.0 Å². The molecule has 0 aliphatic carbocycles. The molecule has 0 radical (unpaired) electrons. The minimum Gasteiger partial charge on any atom is -0.383 e. The van der Waals surface area contributed by atoms with Gasteiger partial charge >= 0.3 is 0 Å². The SMILES string of the molecule is CC(C)CN1C(=O)C(O)CC1C. The van der Waals surface area contributed by atoms with Crippen molar-refractivity contribution in [3.05, 3.63) is 0 Å². The third-order valence-electron chi connectivity index (χ3n) is 2.23. The largest absolute Gasteiger partial charge is 0.383 e. The fraction of sp³-hybridized carbons (Fsp3) is 0.889. The first-order chi connectivity index (χ1) is 5.52. The average molecular weight is 171 g/mol. The van der Waals surface area contributed by atoms with E-state index in [-0.39, 0.29) is 11.9 Å². The van der Waals surface area contributed by atoms with Crippen LogP contribution in [0.25, 0.3) is 0 Å². The van der Waals surface area contributed by atoms with Gasteiger partial charge in [0.05, 0.1) is 0 Å². The summed E-state index contributed by atoms with van der Waals surface area (Å²) >= 11 is 0. The van der Waals surface area contributed by atoms with Crippen LogP contribution in [0, 0.1) is 5.92 Å². The van der Waals surface area contributed by atoms with Crippen molar-refractivity contribution in [3.63, 3.8) is 0 Å². The van der Waals surface area contributed by atoms with E-state index in [1.165, 1.54) is 0 Å². The van der Waals surface area contributed by atoms with E-state index in [2.05, 4.69) is 13.8 Å². The maximum atomic E-state index is 11.3. The summed E-state index contributed by atoms with van der Waals surface area (Å²) in [5.74, 6) is 0.373. The predicted molar refractivity (Wildman–Crippen MR) is 46.6 cm³/mol. The molecule has 0 bridgehead atoms. The highest BCUT2D eigenvalue weighted by molar-refractivity contribution is 5.83. The van der Waals surface area contributed by atoms with E-state index < -0.39 is 6.10 Å². The topological polar surface area (TPSA) is 40.5 Å². The zero-order valence-electron chi connectivity index (χ0n) is 7.95. The molecule has 3 nitrogen and oxygen atoms in total. The first kappa shape index (κ1) is 9.52. The van der Waals surface area contributed by atoms with Crippen LogP contribution in [0.3, 0.4) is 0 Å². The lowest BCUT2D eigenvalue weighted by Gasteiger charge is -2.23. The Hall–Kier alpha value is -0.570. The number of amides is 1. The second-order valence-electron chi connectivity index (χ2n) is 3.98. The highest BCUT2D eigenvalue weighted by atomic mass is 16.3. The van der Waals surface area contributed by atoms with Crippen LogP contribution in [0.5, 0.6) is 0 Å². The molecule has 1 aliphatic heterocycles. The summed E-state index contributed by atoms with van der Waals surface area (Å²) in [7, 11) is 0. The molecule has 1 saturated heterocycles. The van der Waals surface area contributed by atoms with Gasteiger partial charge in [0.2, 0.25) is 0 Å². The molecule has 0 aromatic carbocycles. The highest BCUT2D eigenvalue weighted by Crippen LogP contribution is 2.19. The molecular formula is C9H17NO2. The van der Waals surface area contributed by atoms with Crippen molar-refractivity contribution in [2.24, 2.45) is 5.92 Å². The van der Waals surface area contributed by atoms with Crippen molar-refractivity contribution in [1.82, 2.24) is 4.90 Å². The zero-order valence-corrected chi connectivity index (χ0v) is 7.95. The van der Waals surface area contributed by atoms with E-state index in [1.807, 2.05) is 6.92 Å². The maximum absolute atomic E-state index is 11.3. The summed E-state index contributed by atoms with van der Waals surface area (Å²) in [6.07, 6.45) is -0.162. The van der Waals surface area contributed by atoms with E-state index in [9.17, 15) is 9.90 Å². The van der Waals surface area contributed by atoms with Gasteiger partial charge in [0.15, 0.2) is 0 Å². The smallest absolute Gasteiger partial charge is 0.251 e. The number of aliphatic hydroxyl groups is 1. The quantitative estimate of drug-likeness (QED) is 0.661. The van der Waals surface area contributed by atoms with Crippen LogP contribution >= 0.6 is 0 Å². The lowest BCUT2D eigenvalue weighted by atomic mass is 10.2. The Morgan fingerprint density at radius 2 is 2.25 bits per heavy atom. The summed E-state index contributed by atoms with van der Waals surface area (Å²) in [5, 5.41) is 9.26. The van der Waals surface area contributed by atoms with Crippen LogP contribution in [0.15, 0.2) is 0 Å². The number of carbonyl (C=O) groups is 1. The van der Waals surface area contributed by atoms with Gasteiger partial charge in [-0.3, -0.25) is 4.79 Å². The summed E-state index contributed by atoms with van der Waals surface area (Å²) in [6, 6.07) is 0.204. The van der Waals surface area contributed by atoms with Crippen molar-refractivity contribution in [2.45, 2.75) is 39.3 Å². The third-order valence-corrected chi connectivity index (χ3v) is 2.23. The van der Waals surface area contributed by atoms with Crippen LogP contribution in [0.2, 0.25) is 0 Å². The van der Waals surface area contributed by atoms with Gasteiger partial charge in [-0.2, -0.15) is 0 Å². The molecule has 1 heterocycles. The molecule has 0 spiro atoms. The molecular weight excluding hydrogens is 154 g/mol. The van der Waals surface area contributed by atoms with E-state index in [0.717, 1.165) is 6.54 Å². The van der Waals surface area contributed by atoms with Crippen molar-refractivity contribution >= 4 is 5.91 Å². The van der Waals surface area contributed by atoms with E-state index >= 15 is 0 Å². The molecule has 1 amide bonds.